The van der Waals surface area contributed by atoms with Crippen molar-refractivity contribution >= 4 is 17.2 Å². The summed E-state index contributed by atoms with van der Waals surface area (Å²) >= 11 is 0. The number of aliphatic hydroxyl groups is 1. The quantitative estimate of drug-likeness (QED) is 0.349. The van der Waals surface area contributed by atoms with Crippen molar-refractivity contribution in [2.45, 2.75) is 32.4 Å². The molecule has 36 heavy (non-hydrogen) atoms. The third-order valence-electron chi connectivity index (χ3n) is 6.33. The fourth-order valence-electron chi connectivity index (χ4n) is 4.51. The van der Waals surface area contributed by atoms with Crippen LogP contribution in [0.25, 0.3) is 5.65 Å². The van der Waals surface area contributed by atoms with E-state index >= 15 is 4.39 Å². The molecule has 3 aromatic heterocycles. The molecule has 0 bridgehead atoms. The number of nitrogens with zero attached hydrogens (tertiary/aromatic N) is 4. The maximum absolute atomic E-state index is 15.1. The van der Waals surface area contributed by atoms with E-state index in [1.165, 1.54) is 18.5 Å². The first kappa shape index (κ1) is 23.4. The van der Waals surface area contributed by atoms with Gasteiger partial charge in [0, 0.05) is 30.7 Å². The van der Waals surface area contributed by atoms with Crippen LogP contribution in [0.2, 0.25) is 0 Å². The molecule has 0 aliphatic carbocycles. The number of hydrogen-bond acceptors (Lipinski definition) is 4. The maximum Gasteiger partial charge on any atom is 0.260 e. The molecule has 5 rings (SSSR count). The van der Waals surface area contributed by atoms with E-state index < -0.39 is 17.3 Å². The molecule has 2 N–H and O–H groups in total. The molecular weight excluding hydrogens is 457 g/mol. The minimum atomic E-state index is -1.58. The van der Waals surface area contributed by atoms with Gasteiger partial charge < -0.3 is 14.8 Å². The first-order valence-corrected chi connectivity index (χ1v) is 11.8. The number of pyridine rings is 1. The molecule has 2 aromatic carbocycles. The fourth-order valence-corrected chi connectivity index (χ4v) is 4.51. The molecule has 3 heterocycles. The van der Waals surface area contributed by atoms with Crippen molar-refractivity contribution in [1.29, 1.82) is 0 Å². The van der Waals surface area contributed by atoms with E-state index in [0.29, 0.717) is 46.8 Å². The van der Waals surface area contributed by atoms with Crippen molar-refractivity contribution in [3.05, 3.63) is 119 Å². The van der Waals surface area contributed by atoms with Crippen LogP contribution in [0.1, 0.15) is 46.7 Å². The molecular formula is C28H26FN5O2. The molecule has 0 aliphatic rings. The number of benzene rings is 2. The lowest BCUT2D eigenvalue weighted by atomic mass is 9.82. The molecule has 0 saturated heterocycles. The van der Waals surface area contributed by atoms with Crippen LogP contribution in [0, 0.1) is 5.82 Å². The van der Waals surface area contributed by atoms with Crippen molar-refractivity contribution in [3.8, 4) is 0 Å². The molecule has 182 valence electrons. The van der Waals surface area contributed by atoms with Gasteiger partial charge in [-0.3, -0.25) is 9.48 Å². The number of fused-ring (bicyclic) bond motifs is 1. The van der Waals surface area contributed by atoms with Gasteiger partial charge in [0.25, 0.3) is 5.91 Å². The Bertz CT molecular complexity index is 1490. The minimum Gasteiger partial charge on any atom is -0.374 e. The molecule has 1 amide bonds. The first-order chi connectivity index (χ1) is 17.5. The van der Waals surface area contributed by atoms with Crippen LogP contribution in [-0.2, 0) is 18.6 Å². The molecule has 0 radical (unpaired) electrons. The average molecular weight is 484 g/mol. The minimum absolute atomic E-state index is 0.131. The third-order valence-corrected chi connectivity index (χ3v) is 6.33. The summed E-state index contributed by atoms with van der Waals surface area (Å²) in [6.45, 7) is 4.52. The zero-order valence-electron chi connectivity index (χ0n) is 20.0. The first-order valence-electron chi connectivity index (χ1n) is 11.8. The Morgan fingerprint density at radius 1 is 1.03 bits per heavy atom. The largest absolute Gasteiger partial charge is 0.374 e. The summed E-state index contributed by atoms with van der Waals surface area (Å²) in [5, 5.41) is 19.1. The molecule has 8 heteroatoms. The van der Waals surface area contributed by atoms with Crippen LogP contribution < -0.4 is 5.32 Å². The smallest absolute Gasteiger partial charge is 0.260 e. The number of imidazole rings is 1. The van der Waals surface area contributed by atoms with Crippen molar-refractivity contribution in [1.82, 2.24) is 19.2 Å². The predicted octanol–water partition coefficient (Wildman–Crippen LogP) is 4.79. The van der Waals surface area contributed by atoms with E-state index in [1.54, 1.807) is 15.3 Å². The average Bonchev–Trinajstić information content (AvgIpc) is 3.52. The van der Waals surface area contributed by atoms with Gasteiger partial charge in [0.2, 0.25) is 0 Å². The topological polar surface area (TPSA) is 84.5 Å². The molecule has 0 unspecified atom stereocenters. The van der Waals surface area contributed by atoms with Crippen LogP contribution in [0.4, 0.5) is 10.1 Å². The van der Waals surface area contributed by atoms with Gasteiger partial charge >= 0.3 is 0 Å². The van der Waals surface area contributed by atoms with Gasteiger partial charge in [-0.1, -0.05) is 67.6 Å². The highest BCUT2D eigenvalue weighted by Gasteiger charge is 2.39. The highest BCUT2D eigenvalue weighted by Crippen LogP contribution is 2.38. The Morgan fingerprint density at radius 2 is 1.67 bits per heavy atom. The SMILES string of the molecule is CCc1c(C(O)(c2ccccc2)c2ccccc2)nc2cc(F)c(C(=O)Nc3cnn(CC)c3)cn12. The predicted molar refractivity (Wildman–Crippen MR) is 135 cm³/mol. The Balaban J connectivity index is 1.65. The van der Waals surface area contributed by atoms with Crippen LogP contribution in [0.3, 0.4) is 0 Å². The highest BCUT2D eigenvalue weighted by molar-refractivity contribution is 6.04. The Kier molecular flexibility index (Phi) is 6.12. The zero-order chi connectivity index (χ0) is 25.3. The van der Waals surface area contributed by atoms with E-state index in [-0.39, 0.29) is 5.56 Å². The number of anilines is 1. The number of halogens is 1. The van der Waals surface area contributed by atoms with E-state index in [0.717, 1.165) is 0 Å². The molecule has 5 aromatic rings. The fraction of sp³-hybridized carbons (Fsp3) is 0.179. The molecule has 0 atom stereocenters. The number of nitrogens with one attached hydrogen (secondary N) is 1. The Labute approximate surface area is 207 Å². The summed E-state index contributed by atoms with van der Waals surface area (Å²) in [5.41, 5.74) is 1.42. The highest BCUT2D eigenvalue weighted by atomic mass is 19.1. The second kappa shape index (κ2) is 9.39. The number of amides is 1. The van der Waals surface area contributed by atoms with E-state index in [1.807, 2.05) is 74.5 Å². The number of aromatic nitrogens is 4. The van der Waals surface area contributed by atoms with Gasteiger partial charge in [-0.2, -0.15) is 5.10 Å². The Morgan fingerprint density at radius 3 is 2.22 bits per heavy atom. The standard InChI is InChI=1S/C28H26FN5O2/c1-3-24-26(28(36,19-11-7-5-8-12-19)20-13-9-6-10-14-20)32-25-15-23(29)22(18-34(24)25)27(35)31-21-16-30-33(4-2)17-21/h5-18,36H,3-4H2,1-2H3,(H,31,35). The number of carbonyl (C=O) groups excluding carboxylic acids is 1. The summed E-state index contributed by atoms with van der Waals surface area (Å²) in [5.74, 6) is -1.30. The van der Waals surface area contributed by atoms with Gasteiger partial charge in [0.05, 0.1) is 17.4 Å². The summed E-state index contributed by atoms with van der Waals surface area (Å²) < 4.78 is 18.5. The van der Waals surface area contributed by atoms with Crippen LogP contribution in [0.5, 0.6) is 0 Å². The summed E-state index contributed by atoms with van der Waals surface area (Å²) in [4.78, 5) is 17.6. The number of carbonyl (C=O) groups is 1. The van der Waals surface area contributed by atoms with Crippen LogP contribution >= 0.6 is 0 Å². The van der Waals surface area contributed by atoms with E-state index in [4.69, 9.17) is 4.98 Å². The monoisotopic (exact) mass is 483 g/mol. The molecule has 0 fully saturated rings. The number of aryl methyl sites for hydroxylation is 2. The van der Waals surface area contributed by atoms with Crippen molar-refractivity contribution in [2.24, 2.45) is 0 Å². The van der Waals surface area contributed by atoms with Gasteiger partial charge in [0.15, 0.2) is 5.60 Å². The molecule has 0 saturated carbocycles. The van der Waals surface area contributed by atoms with Crippen molar-refractivity contribution < 1.29 is 14.3 Å². The maximum atomic E-state index is 15.1. The zero-order valence-corrected chi connectivity index (χ0v) is 20.0. The lowest BCUT2D eigenvalue weighted by Gasteiger charge is -2.29. The van der Waals surface area contributed by atoms with Gasteiger partial charge in [-0.05, 0) is 24.5 Å². The normalized spacial score (nSPS) is 11.7. The third kappa shape index (κ3) is 3.95. The summed E-state index contributed by atoms with van der Waals surface area (Å²) in [6, 6.07) is 19.8. The van der Waals surface area contributed by atoms with Crippen LogP contribution in [-0.4, -0.2) is 30.2 Å². The van der Waals surface area contributed by atoms with Gasteiger partial charge in [-0.25, -0.2) is 9.37 Å². The molecule has 0 spiro atoms. The van der Waals surface area contributed by atoms with E-state index in [9.17, 15) is 9.90 Å². The molecule has 0 aliphatic heterocycles. The lowest BCUT2D eigenvalue weighted by Crippen LogP contribution is -2.30. The van der Waals surface area contributed by atoms with Crippen molar-refractivity contribution in [3.63, 3.8) is 0 Å². The Hall–Kier alpha value is -4.30. The van der Waals surface area contributed by atoms with Crippen LogP contribution in [0.15, 0.2) is 85.3 Å². The molecule has 7 nitrogen and oxygen atoms in total. The number of rotatable bonds is 7. The van der Waals surface area contributed by atoms with Crippen molar-refractivity contribution in [2.75, 3.05) is 5.32 Å². The summed E-state index contributed by atoms with van der Waals surface area (Å²) in [6.07, 6.45) is 5.13. The summed E-state index contributed by atoms with van der Waals surface area (Å²) in [7, 11) is 0. The lowest BCUT2D eigenvalue weighted by molar-refractivity contribution is 0.102. The van der Waals surface area contributed by atoms with Gasteiger partial charge in [-0.15, -0.1) is 0 Å². The second-order valence-electron chi connectivity index (χ2n) is 8.51. The second-order valence-corrected chi connectivity index (χ2v) is 8.51. The van der Waals surface area contributed by atoms with Gasteiger partial charge in [0.1, 0.15) is 17.2 Å². The van der Waals surface area contributed by atoms with E-state index in [2.05, 4.69) is 10.4 Å². The number of hydrogen-bond donors (Lipinski definition) is 2.